The third-order valence-corrected chi connectivity index (χ3v) is 3.71. The van der Waals surface area contributed by atoms with Crippen molar-refractivity contribution >= 4 is 5.82 Å². The van der Waals surface area contributed by atoms with Gasteiger partial charge in [-0.3, -0.25) is 0 Å². The zero-order chi connectivity index (χ0) is 12.5. The van der Waals surface area contributed by atoms with E-state index in [-0.39, 0.29) is 12.1 Å². The number of likely N-dealkylation sites (N-methyl/N-ethyl adjacent to an activating group) is 1. The molecule has 0 aliphatic heterocycles. The highest BCUT2D eigenvalue weighted by atomic mass is 16.3. The molecule has 1 aromatic rings. The molecule has 4 nitrogen and oxygen atoms in total. The van der Waals surface area contributed by atoms with E-state index in [1.165, 1.54) is 24.1 Å². The minimum Gasteiger partial charge on any atom is -0.394 e. The summed E-state index contributed by atoms with van der Waals surface area (Å²) in [7, 11) is 1.99. The van der Waals surface area contributed by atoms with E-state index < -0.39 is 0 Å². The van der Waals surface area contributed by atoms with E-state index in [1.54, 1.807) is 6.33 Å². The third kappa shape index (κ3) is 2.27. The first-order valence-corrected chi connectivity index (χ1v) is 6.23. The second-order valence-electron chi connectivity index (χ2n) is 5.36. The van der Waals surface area contributed by atoms with Crippen molar-refractivity contribution < 1.29 is 5.11 Å². The Morgan fingerprint density at radius 2 is 2.00 bits per heavy atom. The fraction of sp³-hybridized carbons (Fsp3) is 0.692. The number of aliphatic hydroxyl groups excluding tert-OH is 1. The van der Waals surface area contributed by atoms with Crippen molar-refractivity contribution in [2.24, 2.45) is 0 Å². The monoisotopic (exact) mass is 235 g/mol. The van der Waals surface area contributed by atoms with Crippen LogP contribution in [0, 0.1) is 0 Å². The normalized spacial score (nSPS) is 15.5. The molecule has 1 aliphatic carbocycles. The summed E-state index contributed by atoms with van der Waals surface area (Å²) in [5, 5.41) is 9.44. The lowest BCUT2D eigenvalue weighted by molar-refractivity contribution is 0.215. The summed E-state index contributed by atoms with van der Waals surface area (Å²) in [6.45, 7) is 4.15. The lowest BCUT2D eigenvalue weighted by atomic mass is 9.95. The molecule has 1 heterocycles. The molecule has 0 radical (unpaired) electrons. The van der Waals surface area contributed by atoms with Gasteiger partial charge in [0.05, 0.1) is 12.1 Å². The predicted molar refractivity (Wildman–Crippen MR) is 68.2 cm³/mol. The van der Waals surface area contributed by atoms with Crippen LogP contribution in [0.3, 0.4) is 0 Å². The number of aryl methyl sites for hydroxylation is 1. The maximum atomic E-state index is 9.44. The van der Waals surface area contributed by atoms with Gasteiger partial charge in [-0.05, 0) is 39.5 Å². The van der Waals surface area contributed by atoms with E-state index >= 15 is 0 Å². The molecule has 0 unspecified atom stereocenters. The third-order valence-electron chi connectivity index (χ3n) is 3.71. The summed E-state index contributed by atoms with van der Waals surface area (Å²) in [6.07, 6.45) is 6.18. The molecule has 1 aliphatic rings. The largest absolute Gasteiger partial charge is 0.394 e. The van der Waals surface area contributed by atoms with E-state index in [2.05, 4.69) is 14.9 Å². The highest BCUT2D eigenvalue weighted by Gasteiger charge is 2.27. The fourth-order valence-electron chi connectivity index (χ4n) is 2.19. The standard InChI is InChI=1S/C13H21N3O/c1-13(2,8-17)16(3)12-10-6-4-5-7-11(10)14-9-15-12/h9,17H,4-8H2,1-3H3. The average Bonchev–Trinajstić information content (AvgIpc) is 2.37. The number of nitrogens with zero attached hydrogens (tertiary/aromatic N) is 3. The molecule has 0 atom stereocenters. The number of anilines is 1. The molecule has 0 aromatic carbocycles. The lowest BCUT2D eigenvalue weighted by Crippen LogP contribution is -2.45. The van der Waals surface area contributed by atoms with Gasteiger partial charge in [0.15, 0.2) is 0 Å². The van der Waals surface area contributed by atoms with Gasteiger partial charge in [0.2, 0.25) is 0 Å². The van der Waals surface area contributed by atoms with Crippen LogP contribution in [0.15, 0.2) is 6.33 Å². The molecular weight excluding hydrogens is 214 g/mol. The SMILES string of the molecule is CN(c1ncnc2c1CCCC2)C(C)(C)CO. The molecule has 1 aromatic heterocycles. The van der Waals surface area contributed by atoms with Crippen molar-refractivity contribution in [1.29, 1.82) is 0 Å². The van der Waals surface area contributed by atoms with Crippen molar-refractivity contribution in [2.75, 3.05) is 18.6 Å². The van der Waals surface area contributed by atoms with Gasteiger partial charge in [-0.25, -0.2) is 9.97 Å². The van der Waals surface area contributed by atoms with E-state index in [0.717, 1.165) is 18.7 Å². The van der Waals surface area contributed by atoms with Gasteiger partial charge in [-0.15, -0.1) is 0 Å². The van der Waals surface area contributed by atoms with Gasteiger partial charge in [0, 0.05) is 18.3 Å². The highest BCUT2D eigenvalue weighted by Crippen LogP contribution is 2.29. The molecule has 2 rings (SSSR count). The summed E-state index contributed by atoms with van der Waals surface area (Å²) in [6, 6.07) is 0. The molecule has 0 fully saturated rings. The summed E-state index contributed by atoms with van der Waals surface area (Å²) in [4.78, 5) is 10.8. The Labute approximate surface area is 103 Å². The number of fused-ring (bicyclic) bond motifs is 1. The Hall–Kier alpha value is -1.16. The van der Waals surface area contributed by atoms with Gasteiger partial charge in [-0.1, -0.05) is 0 Å². The van der Waals surface area contributed by atoms with Gasteiger partial charge in [-0.2, -0.15) is 0 Å². The van der Waals surface area contributed by atoms with Crippen molar-refractivity contribution in [3.63, 3.8) is 0 Å². The van der Waals surface area contributed by atoms with Crippen LogP contribution in [-0.4, -0.2) is 34.3 Å². The Morgan fingerprint density at radius 3 is 2.71 bits per heavy atom. The van der Waals surface area contributed by atoms with Crippen molar-refractivity contribution in [3.8, 4) is 0 Å². The van der Waals surface area contributed by atoms with Crippen LogP contribution < -0.4 is 4.90 Å². The Kier molecular flexibility index (Phi) is 3.33. The second kappa shape index (κ2) is 4.61. The highest BCUT2D eigenvalue weighted by molar-refractivity contribution is 5.50. The number of hydrogen-bond donors (Lipinski definition) is 1. The predicted octanol–water partition coefficient (Wildman–Crippen LogP) is 1.56. The molecule has 0 amide bonds. The second-order valence-corrected chi connectivity index (χ2v) is 5.36. The maximum Gasteiger partial charge on any atom is 0.135 e. The van der Waals surface area contributed by atoms with Crippen LogP contribution in [0.2, 0.25) is 0 Å². The quantitative estimate of drug-likeness (QED) is 0.864. The molecule has 17 heavy (non-hydrogen) atoms. The van der Waals surface area contributed by atoms with E-state index in [4.69, 9.17) is 0 Å². The molecule has 1 N–H and O–H groups in total. The van der Waals surface area contributed by atoms with Crippen molar-refractivity contribution in [1.82, 2.24) is 9.97 Å². The maximum absolute atomic E-state index is 9.44. The van der Waals surface area contributed by atoms with Gasteiger partial charge in [0.1, 0.15) is 12.1 Å². The summed E-state index contributed by atoms with van der Waals surface area (Å²) >= 11 is 0. The smallest absolute Gasteiger partial charge is 0.135 e. The van der Waals surface area contributed by atoms with Crippen LogP contribution in [0.4, 0.5) is 5.82 Å². The molecule has 0 spiro atoms. The number of hydrogen-bond acceptors (Lipinski definition) is 4. The minimum absolute atomic E-state index is 0.113. The Morgan fingerprint density at radius 1 is 1.29 bits per heavy atom. The molecule has 94 valence electrons. The Balaban J connectivity index is 2.39. The number of aromatic nitrogens is 2. The summed E-state index contributed by atoms with van der Waals surface area (Å²) in [5.74, 6) is 0.980. The summed E-state index contributed by atoms with van der Waals surface area (Å²) < 4.78 is 0. The first-order chi connectivity index (χ1) is 8.06. The van der Waals surface area contributed by atoms with Crippen LogP contribution in [0.5, 0.6) is 0 Å². The zero-order valence-electron chi connectivity index (χ0n) is 10.9. The van der Waals surface area contributed by atoms with E-state index in [1.807, 2.05) is 20.9 Å². The van der Waals surface area contributed by atoms with Crippen molar-refractivity contribution in [3.05, 3.63) is 17.6 Å². The van der Waals surface area contributed by atoms with Crippen LogP contribution in [-0.2, 0) is 12.8 Å². The number of rotatable bonds is 3. The van der Waals surface area contributed by atoms with Crippen LogP contribution in [0.1, 0.15) is 37.9 Å². The molecule has 0 bridgehead atoms. The van der Waals surface area contributed by atoms with Crippen LogP contribution in [0.25, 0.3) is 0 Å². The average molecular weight is 235 g/mol. The topological polar surface area (TPSA) is 49.2 Å². The fourth-order valence-corrected chi connectivity index (χ4v) is 2.19. The van der Waals surface area contributed by atoms with Crippen LogP contribution >= 0.6 is 0 Å². The van der Waals surface area contributed by atoms with E-state index in [9.17, 15) is 5.11 Å². The minimum atomic E-state index is -0.292. The molecule has 0 saturated heterocycles. The van der Waals surface area contributed by atoms with Crippen molar-refractivity contribution in [2.45, 2.75) is 45.1 Å². The van der Waals surface area contributed by atoms with E-state index in [0.29, 0.717) is 0 Å². The lowest BCUT2D eigenvalue weighted by Gasteiger charge is -2.36. The Bertz CT molecular complexity index is 404. The first-order valence-electron chi connectivity index (χ1n) is 6.23. The number of aliphatic hydroxyl groups is 1. The molecule has 0 saturated carbocycles. The first kappa shape index (κ1) is 12.3. The van der Waals surface area contributed by atoms with Gasteiger partial charge < -0.3 is 10.0 Å². The molecular formula is C13H21N3O. The van der Waals surface area contributed by atoms with Gasteiger partial charge >= 0.3 is 0 Å². The molecule has 4 heteroatoms. The zero-order valence-corrected chi connectivity index (χ0v) is 10.9. The summed E-state index contributed by atoms with van der Waals surface area (Å²) in [5.41, 5.74) is 2.16. The van der Waals surface area contributed by atoms with Gasteiger partial charge in [0.25, 0.3) is 0 Å².